The zero-order valence-electron chi connectivity index (χ0n) is 7.15. The molecule has 0 spiro atoms. The van der Waals surface area contributed by atoms with Crippen LogP contribution in [0.5, 0.6) is 0 Å². The molecular formula is C10H6N2O2. The van der Waals surface area contributed by atoms with Crippen LogP contribution in [0.2, 0.25) is 0 Å². The number of furan rings is 1. The van der Waals surface area contributed by atoms with E-state index in [-0.39, 0.29) is 5.56 Å². The first-order chi connectivity index (χ1) is 6.86. The van der Waals surface area contributed by atoms with Gasteiger partial charge in [0.05, 0.1) is 0 Å². The lowest BCUT2D eigenvalue weighted by Crippen LogP contribution is -2.03. The predicted octanol–water partition coefficient (Wildman–Crippen LogP) is 1.67. The Morgan fingerprint density at radius 2 is 2.21 bits per heavy atom. The van der Waals surface area contributed by atoms with Crippen molar-refractivity contribution in [1.82, 2.24) is 9.97 Å². The van der Waals surface area contributed by atoms with Gasteiger partial charge in [-0.25, -0.2) is 0 Å². The summed E-state index contributed by atoms with van der Waals surface area (Å²) >= 11 is 0. The van der Waals surface area contributed by atoms with E-state index < -0.39 is 0 Å². The highest BCUT2D eigenvalue weighted by molar-refractivity contribution is 6.01. The zero-order chi connectivity index (χ0) is 9.54. The minimum atomic E-state index is -0.167. The van der Waals surface area contributed by atoms with E-state index in [2.05, 4.69) is 9.97 Å². The van der Waals surface area contributed by atoms with Crippen LogP contribution in [0.15, 0.2) is 39.8 Å². The summed E-state index contributed by atoms with van der Waals surface area (Å²) < 4.78 is 5.45. The number of aromatic nitrogens is 2. The van der Waals surface area contributed by atoms with Crippen molar-refractivity contribution in [2.24, 2.45) is 0 Å². The largest absolute Gasteiger partial charge is 0.454 e. The molecule has 0 aliphatic rings. The first kappa shape index (κ1) is 7.32. The van der Waals surface area contributed by atoms with Gasteiger partial charge in [0, 0.05) is 12.4 Å². The quantitative estimate of drug-likeness (QED) is 0.581. The van der Waals surface area contributed by atoms with E-state index >= 15 is 0 Å². The molecule has 0 amide bonds. The molecular weight excluding hydrogens is 180 g/mol. The third kappa shape index (κ3) is 0.821. The van der Waals surface area contributed by atoms with Crippen molar-refractivity contribution >= 4 is 22.1 Å². The van der Waals surface area contributed by atoms with Crippen LogP contribution in [0.1, 0.15) is 0 Å². The van der Waals surface area contributed by atoms with Crippen LogP contribution in [0.25, 0.3) is 22.1 Å². The number of aromatic amines is 1. The maximum absolute atomic E-state index is 11.5. The fourth-order valence-corrected chi connectivity index (χ4v) is 1.55. The van der Waals surface area contributed by atoms with Gasteiger partial charge in [-0.1, -0.05) is 0 Å². The van der Waals surface area contributed by atoms with Gasteiger partial charge in [-0.15, -0.1) is 0 Å². The molecule has 3 rings (SSSR count). The molecule has 3 aromatic rings. The molecule has 0 atom stereocenters. The molecule has 1 N–H and O–H groups in total. The molecule has 0 fully saturated rings. The number of nitrogens with zero attached hydrogens (tertiary/aromatic N) is 1. The van der Waals surface area contributed by atoms with Crippen LogP contribution in [0.3, 0.4) is 0 Å². The number of H-pyrrole nitrogens is 1. The first-order valence-electron chi connectivity index (χ1n) is 4.21. The fourth-order valence-electron chi connectivity index (χ4n) is 1.55. The van der Waals surface area contributed by atoms with Crippen LogP contribution in [-0.4, -0.2) is 9.97 Å². The van der Waals surface area contributed by atoms with E-state index in [1.807, 2.05) is 0 Å². The Bertz CT molecular complexity index is 666. The Balaban J connectivity index is 2.73. The predicted molar refractivity (Wildman–Crippen MR) is 52.1 cm³/mol. The third-order valence-corrected chi connectivity index (χ3v) is 2.15. The summed E-state index contributed by atoms with van der Waals surface area (Å²) in [6, 6.07) is 5.29. The Morgan fingerprint density at radius 1 is 1.29 bits per heavy atom. The summed E-state index contributed by atoms with van der Waals surface area (Å²) in [4.78, 5) is 18.2. The molecule has 0 aliphatic carbocycles. The Labute approximate surface area is 78.2 Å². The van der Waals surface area contributed by atoms with Crippen molar-refractivity contribution in [2.75, 3.05) is 0 Å². The average molecular weight is 186 g/mol. The van der Waals surface area contributed by atoms with E-state index in [4.69, 9.17) is 4.42 Å². The van der Waals surface area contributed by atoms with Crippen LogP contribution in [0, 0.1) is 0 Å². The normalized spacial score (nSPS) is 11.1. The van der Waals surface area contributed by atoms with Crippen LogP contribution in [-0.2, 0) is 0 Å². The first-order valence-corrected chi connectivity index (χ1v) is 4.21. The van der Waals surface area contributed by atoms with E-state index in [9.17, 15) is 4.79 Å². The van der Waals surface area contributed by atoms with Crippen molar-refractivity contribution < 1.29 is 4.42 Å². The number of nitrogens with one attached hydrogen (secondary N) is 1. The summed E-state index contributed by atoms with van der Waals surface area (Å²) in [5.74, 6) is 0. The molecule has 14 heavy (non-hydrogen) atoms. The average Bonchev–Trinajstić information content (AvgIpc) is 2.57. The van der Waals surface area contributed by atoms with Gasteiger partial charge in [0.1, 0.15) is 16.5 Å². The fraction of sp³-hybridized carbons (Fsp3) is 0. The Hall–Kier alpha value is -2.10. The van der Waals surface area contributed by atoms with Gasteiger partial charge in [-0.2, -0.15) is 0 Å². The highest BCUT2D eigenvalue weighted by Crippen LogP contribution is 2.22. The van der Waals surface area contributed by atoms with Gasteiger partial charge in [-0.3, -0.25) is 9.78 Å². The van der Waals surface area contributed by atoms with Crippen molar-refractivity contribution in [2.45, 2.75) is 0 Å². The molecule has 3 heterocycles. The summed E-state index contributed by atoms with van der Waals surface area (Å²) in [6.45, 7) is 0. The number of fused-ring (bicyclic) bond motifs is 3. The van der Waals surface area contributed by atoms with Gasteiger partial charge < -0.3 is 9.40 Å². The van der Waals surface area contributed by atoms with E-state index in [1.165, 1.54) is 0 Å². The zero-order valence-corrected chi connectivity index (χ0v) is 7.15. The molecule has 0 saturated heterocycles. The van der Waals surface area contributed by atoms with E-state index in [0.717, 1.165) is 0 Å². The maximum Gasteiger partial charge on any atom is 0.261 e. The minimum absolute atomic E-state index is 0.167. The number of rotatable bonds is 0. The van der Waals surface area contributed by atoms with Gasteiger partial charge in [0.2, 0.25) is 0 Å². The summed E-state index contributed by atoms with van der Waals surface area (Å²) in [5, 5.41) is 0.517. The second kappa shape index (κ2) is 2.45. The molecule has 0 aliphatic heterocycles. The molecule has 0 aromatic carbocycles. The minimum Gasteiger partial charge on any atom is -0.454 e. The van der Waals surface area contributed by atoms with Crippen molar-refractivity contribution in [3.8, 4) is 0 Å². The summed E-state index contributed by atoms with van der Waals surface area (Å²) in [7, 11) is 0. The molecule has 0 radical (unpaired) electrons. The number of pyridine rings is 2. The van der Waals surface area contributed by atoms with Gasteiger partial charge in [0.15, 0.2) is 5.58 Å². The second-order valence-electron chi connectivity index (χ2n) is 3.00. The lowest BCUT2D eigenvalue weighted by molar-refractivity contribution is 0.667. The van der Waals surface area contributed by atoms with Gasteiger partial charge in [0.25, 0.3) is 5.56 Å². The van der Waals surface area contributed by atoms with Crippen LogP contribution in [0.4, 0.5) is 0 Å². The summed E-state index contributed by atoms with van der Waals surface area (Å²) in [6.07, 6.45) is 3.21. The van der Waals surface area contributed by atoms with E-state index in [0.29, 0.717) is 22.1 Å². The maximum atomic E-state index is 11.5. The molecule has 68 valence electrons. The molecule has 0 unspecified atom stereocenters. The SMILES string of the molecule is O=c1[nH]ccc2oc3cccnc3c12. The van der Waals surface area contributed by atoms with Gasteiger partial charge in [-0.05, 0) is 18.2 Å². The Morgan fingerprint density at radius 3 is 3.14 bits per heavy atom. The number of hydrogen-bond acceptors (Lipinski definition) is 3. The molecule has 4 nitrogen and oxygen atoms in total. The standard InChI is InChI=1S/C10H6N2O2/c13-10-8-6(3-5-12-10)14-7-2-1-4-11-9(7)8/h1-5H,(H,12,13). The summed E-state index contributed by atoms with van der Waals surface area (Å²) in [5.41, 5.74) is 1.66. The second-order valence-corrected chi connectivity index (χ2v) is 3.00. The van der Waals surface area contributed by atoms with Crippen LogP contribution >= 0.6 is 0 Å². The molecule has 0 saturated carbocycles. The molecule has 4 heteroatoms. The van der Waals surface area contributed by atoms with Crippen LogP contribution < -0.4 is 5.56 Å². The molecule has 3 aromatic heterocycles. The number of hydrogen-bond donors (Lipinski definition) is 1. The highest BCUT2D eigenvalue weighted by Gasteiger charge is 2.09. The third-order valence-electron chi connectivity index (χ3n) is 2.15. The topological polar surface area (TPSA) is 58.9 Å². The molecule has 0 bridgehead atoms. The Kier molecular flexibility index (Phi) is 1.28. The lowest BCUT2D eigenvalue weighted by atomic mass is 10.3. The smallest absolute Gasteiger partial charge is 0.261 e. The monoisotopic (exact) mass is 186 g/mol. The van der Waals surface area contributed by atoms with Crippen molar-refractivity contribution in [3.63, 3.8) is 0 Å². The van der Waals surface area contributed by atoms with E-state index in [1.54, 1.807) is 30.6 Å². The highest BCUT2D eigenvalue weighted by atomic mass is 16.3. The van der Waals surface area contributed by atoms with Gasteiger partial charge >= 0.3 is 0 Å². The van der Waals surface area contributed by atoms with Crippen molar-refractivity contribution in [1.29, 1.82) is 0 Å². The lowest BCUT2D eigenvalue weighted by Gasteiger charge is -1.84. The van der Waals surface area contributed by atoms with Crippen molar-refractivity contribution in [3.05, 3.63) is 40.9 Å².